The van der Waals surface area contributed by atoms with Crippen LogP contribution in [0.4, 0.5) is 10.1 Å². The lowest BCUT2D eigenvalue weighted by Gasteiger charge is -2.35. The van der Waals surface area contributed by atoms with Gasteiger partial charge in [-0.2, -0.15) is 0 Å². The molecule has 2 unspecified atom stereocenters. The van der Waals surface area contributed by atoms with Crippen LogP contribution in [0.5, 0.6) is 0 Å². The van der Waals surface area contributed by atoms with E-state index in [1.54, 1.807) is 18.7 Å². The van der Waals surface area contributed by atoms with Crippen LogP contribution < -0.4 is 5.32 Å². The van der Waals surface area contributed by atoms with Crippen molar-refractivity contribution in [2.75, 3.05) is 25.1 Å². The number of benzene rings is 1. The van der Waals surface area contributed by atoms with Crippen LogP contribution in [0.1, 0.15) is 37.0 Å². The maximum atomic E-state index is 13.6. The summed E-state index contributed by atoms with van der Waals surface area (Å²) in [4.78, 5) is 38.8. The zero-order valence-electron chi connectivity index (χ0n) is 15.4. The molecule has 1 aromatic carbocycles. The second-order valence-corrected chi connectivity index (χ2v) is 6.62. The number of ether oxygens (including phenoxy) is 2. The molecule has 0 saturated carbocycles. The molecule has 2 aliphatic heterocycles. The summed E-state index contributed by atoms with van der Waals surface area (Å²) in [7, 11) is 0. The summed E-state index contributed by atoms with van der Waals surface area (Å²) in [5, 5.41) is 3.19. The van der Waals surface area contributed by atoms with Crippen LogP contribution in [-0.2, 0) is 19.1 Å². The van der Waals surface area contributed by atoms with Gasteiger partial charge < -0.3 is 19.7 Å². The van der Waals surface area contributed by atoms with Crippen LogP contribution in [0.15, 0.2) is 18.2 Å². The van der Waals surface area contributed by atoms with Crippen molar-refractivity contribution in [1.82, 2.24) is 4.90 Å². The Morgan fingerprint density at radius 2 is 1.93 bits per heavy atom. The van der Waals surface area contributed by atoms with Crippen molar-refractivity contribution in [2.45, 2.75) is 32.9 Å². The summed E-state index contributed by atoms with van der Waals surface area (Å²) in [5.41, 5.74) is 0.845. The molecule has 2 heterocycles. The molecule has 7 nitrogen and oxygen atoms in total. The normalized spacial score (nSPS) is 20.7. The van der Waals surface area contributed by atoms with Gasteiger partial charge in [-0.1, -0.05) is 0 Å². The molecule has 0 radical (unpaired) electrons. The fraction of sp³-hybridized carbons (Fsp3) is 0.526. The molecule has 2 atom stereocenters. The number of carbonyl (C=O) groups is 3. The first-order valence-corrected chi connectivity index (χ1v) is 9.16. The van der Waals surface area contributed by atoms with Crippen LogP contribution in [0, 0.1) is 17.7 Å². The SMILES string of the molecule is CCOC(=O)C(CC1CCN2C(=O)c3ccc(F)cc3NC12)C(=O)OCC. The van der Waals surface area contributed by atoms with Crippen molar-refractivity contribution >= 4 is 23.5 Å². The minimum Gasteiger partial charge on any atom is -0.465 e. The van der Waals surface area contributed by atoms with E-state index in [-0.39, 0.29) is 31.5 Å². The summed E-state index contributed by atoms with van der Waals surface area (Å²) in [6.07, 6.45) is 0.414. The van der Waals surface area contributed by atoms with Crippen LogP contribution in [0.3, 0.4) is 0 Å². The van der Waals surface area contributed by atoms with Gasteiger partial charge in [0.15, 0.2) is 5.92 Å². The van der Waals surface area contributed by atoms with E-state index in [1.807, 2.05) is 0 Å². The van der Waals surface area contributed by atoms with Gasteiger partial charge in [-0.15, -0.1) is 0 Å². The minimum absolute atomic E-state index is 0.163. The fourth-order valence-corrected chi connectivity index (χ4v) is 3.74. The van der Waals surface area contributed by atoms with Crippen LogP contribution in [0.2, 0.25) is 0 Å². The van der Waals surface area contributed by atoms with E-state index in [2.05, 4.69) is 5.32 Å². The number of hydrogen-bond donors (Lipinski definition) is 1. The Morgan fingerprint density at radius 3 is 2.56 bits per heavy atom. The topological polar surface area (TPSA) is 84.9 Å². The Balaban J connectivity index is 1.80. The van der Waals surface area contributed by atoms with Crippen molar-refractivity contribution in [3.8, 4) is 0 Å². The van der Waals surface area contributed by atoms with E-state index in [4.69, 9.17) is 9.47 Å². The van der Waals surface area contributed by atoms with Crippen LogP contribution in [0.25, 0.3) is 0 Å². The number of anilines is 1. The minimum atomic E-state index is -1.04. The third-order valence-electron chi connectivity index (χ3n) is 4.98. The highest BCUT2D eigenvalue weighted by Crippen LogP contribution is 2.37. The first kappa shape index (κ1) is 19.1. The van der Waals surface area contributed by atoms with Gasteiger partial charge >= 0.3 is 11.9 Å². The smallest absolute Gasteiger partial charge is 0.320 e. The van der Waals surface area contributed by atoms with E-state index < -0.39 is 29.8 Å². The maximum absolute atomic E-state index is 13.6. The van der Waals surface area contributed by atoms with Crippen LogP contribution in [-0.4, -0.2) is 48.7 Å². The molecule has 2 aliphatic rings. The van der Waals surface area contributed by atoms with Crippen molar-refractivity contribution in [3.05, 3.63) is 29.6 Å². The van der Waals surface area contributed by atoms with Gasteiger partial charge in [-0.25, -0.2) is 4.39 Å². The van der Waals surface area contributed by atoms with Gasteiger partial charge in [0.1, 0.15) is 12.0 Å². The highest BCUT2D eigenvalue weighted by atomic mass is 19.1. The van der Waals surface area contributed by atoms with Gasteiger partial charge in [0.25, 0.3) is 5.91 Å². The van der Waals surface area contributed by atoms with Gasteiger partial charge in [0.2, 0.25) is 0 Å². The van der Waals surface area contributed by atoms with Crippen molar-refractivity contribution < 1.29 is 28.2 Å². The van der Waals surface area contributed by atoms with Gasteiger partial charge in [-0.05, 0) is 44.9 Å². The quantitative estimate of drug-likeness (QED) is 0.603. The highest BCUT2D eigenvalue weighted by Gasteiger charge is 2.44. The zero-order valence-corrected chi connectivity index (χ0v) is 15.4. The molecule has 0 aliphatic carbocycles. The Hall–Kier alpha value is -2.64. The molecule has 1 saturated heterocycles. The predicted octanol–water partition coefficient (Wildman–Crippen LogP) is 2.17. The number of hydrogen-bond acceptors (Lipinski definition) is 6. The Bertz CT molecular complexity index is 736. The average Bonchev–Trinajstić information content (AvgIpc) is 3.02. The van der Waals surface area contributed by atoms with E-state index in [0.717, 1.165) is 0 Å². The van der Waals surface area contributed by atoms with E-state index in [1.165, 1.54) is 18.2 Å². The second-order valence-electron chi connectivity index (χ2n) is 6.62. The molecular formula is C19H23FN2O5. The summed E-state index contributed by atoms with van der Waals surface area (Å²) in [6.45, 7) is 4.17. The number of rotatable bonds is 6. The van der Waals surface area contributed by atoms with Crippen LogP contribution >= 0.6 is 0 Å². The fourth-order valence-electron chi connectivity index (χ4n) is 3.74. The first-order valence-electron chi connectivity index (χ1n) is 9.16. The molecular weight excluding hydrogens is 355 g/mol. The highest BCUT2D eigenvalue weighted by molar-refractivity contribution is 6.02. The summed E-state index contributed by atoms with van der Waals surface area (Å²) < 4.78 is 23.6. The summed E-state index contributed by atoms with van der Waals surface area (Å²) >= 11 is 0. The molecule has 0 bridgehead atoms. The standard InChI is InChI=1S/C19H23FN2O5/c1-3-26-18(24)14(19(25)27-4-2)9-11-7-8-22-16(11)21-15-10-12(20)5-6-13(15)17(22)23/h5-6,10-11,14,16,21H,3-4,7-9H2,1-2H3. The third-order valence-corrected chi connectivity index (χ3v) is 4.98. The number of nitrogens with one attached hydrogen (secondary N) is 1. The molecule has 27 heavy (non-hydrogen) atoms. The molecule has 3 rings (SSSR count). The molecule has 0 aromatic heterocycles. The lowest BCUT2D eigenvalue weighted by atomic mass is 9.91. The molecule has 8 heteroatoms. The molecule has 1 N–H and O–H groups in total. The van der Waals surface area contributed by atoms with E-state index in [9.17, 15) is 18.8 Å². The number of nitrogens with zero attached hydrogens (tertiary/aromatic N) is 1. The van der Waals surface area contributed by atoms with E-state index in [0.29, 0.717) is 24.2 Å². The third kappa shape index (κ3) is 3.74. The van der Waals surface area contributed by atoms with Gasteiger partial charge in [0.05, 0.1) is 24.5 Å². The number of halogens is 1. The Morgan fingerprint density at radius 1 is 1.26 bits per heavy atom. The molecule has 146 valence electrons. The van der Waals surface area contributed by atoms with E-state index >= 15 is 0 Å². The Labute approximate surface area is 156 Å². The van der Waals surface area contributed by atoms with Gasteiger partial charge in [0, 0.05) is 12.5 Å². The van der Waals surface area contributed by atoms with Gasteiger partial charge in [-0.3, -0.25) is 14.4 Å². The number of esters is 2. The summed E-state index contributed by atoms with van der Waals surface area (Å²) in [5.74, 6) is -3.07. The maximum Gasteiger partial charge on any atom is 0.320 e. The lowest BCUT2D eigenvalue weighted by Crippen LogP contribution is -2.47. The number of amides is 1. The lowest BCUT2D eigenvalue weighted by molar-refractivity contribution is -0.162. The molecule has 0 spiro atoms. The summed E-state index contributed by atoms with van der Waals surface area (Å²) in [6, 6.07) is 4.00. The number of fused-ring (bicyclic) bond motifs is 2. The average molecular weight is 378 g/mol. The van der Waals surface area contributed by atoms with Crippen molar-refractivity contribution in [1.29, 1.82) is 0 Å². The molecule has 1 amide bonds. The second kappa shape index (κ2) is 7.94. The largest absolute Gasteiger partial charge is 0.465 e. The first-order chi connectivity index (χ1) is 13.0. The zero-order chi connectivity index (χ0) is 19.6. The monoisotopic (exact) mass is 378 g/mol. The Kier molecular flexibility index (Phi) is 5.62. The van der Waals surface area contributed by atoms with Crippen molar-refractivity contribution in [2.24, 2.45) is 11.8 Å². The number of carbonyl (C=O) groups excluding carboxylic acids is 3. The van der Waals surface area contributed by atoms with Crippen molar-refractivity contribution in [3.63, 3.8) is 0 Å². The molecule has 1 fully saturated rings. The predicted molar refractivity (Wildman–Crippen MR) is 94.3 cm³/mol. The molecule has 1 aromatic rings.